The SMILES string of the molecule is Cn1c(S(C)=O)cc(C(=O)c2cc(C(C)(C)C)c(O)c(C(C)(C)C)c2)c1S(C)=O. The molecule has 2 rings (SSSR count). The normalized spacial score (nSPS) is 14.7. The summed E-state index contributed by atoms with van der Waals surface area (Å²) >= 11 is 0. The summed E-state index contributed by atoms with van der Waals surface area (Å²) in [7, 11) is -1.09. The van der Waals surface area contributed by atoms with Gasteiger partial charge in [0.25, 0.3) is 0 Å². The molecule has 0 aliphatic carbocycles. The number of carbonyl (C=O) groups excluding carboxylic acids is 1. The zero-order chi connectivity index (χ0) is 22.5. The molecule has 1 aromatic carbocycles. The lowest BCUT2D eigenvalue weighted by Gasteiger charge is -2.28. The number of nitrogens with zero attached hydrogens (tertiary/aromatic N) is 1. The van der Waals surface area contributed by atoms with E-state index in [9.17, 15) is 18.3 Å². The van der Waals surface area contributed by atoms with Gasteiger partial charge in [-0.1, -0.05) is 41.5 Å². The van der Waals surface area contributed by atoms with Crippen LogP contribution < -0.4 is 0 Å². The molecule has 0 radical (unpaired) electrons. The monoisotopic (exact) mass is 437 g/mol. The summed E-state index contributed by atoms with van der Waals surface area (Å²) in [4.78, 5) is 13.5. The molecule has 0 saturated heterocycles. The molecule has 1 heterocycles. The maximum absolute atomic E-state index is 13.5. The molecule has 5 nitrogen and oxygen atoms in total. The number of carbonyl (C=O) groups is 1. The number of hydrogen-bond donors (Lipinski definition) is 1. The minimum atomic E-state index is -1.43. The Balaban J connectivity index is 2.82. The fourth-order valence-corrected chi connectivity index (χ4v) is 5.18. The van der Waals surface area contributed by atoms with Crippen LogP contribution in [0.3, 0.4) is 0 Å². The van der Waals surface area contributed by atoms with Gasteiger partial charge >= 0.3 is 0 Å². The van der Waals surface area contributed by atoms with Crippen molar-refractivity contribution in [2.45, 2.75) is 62.4 Å². The Hall–Kier alpha value is -1.73. The van der Waals surface area contributed by atoms with Crippen molar-refractivity contribution in [2.24, 2.45) is 7.05 Å². The highest BCUT2D eigenvalue weighted by atomic mass is 32.2. The third kappa shape index (κ3) is 4.56. The van der Waals surface area contributed by atoms with E-state index in [1.54, 1.807) is 29.8 Å². The van der Waals surface area contributed by atoms with Gasteiger partial charge in [0.2, 0.25) is 0 Å². The number of aromatic nitrogens is 1. The molecule has 7 heteroatoms. The Morgan fingerprint density at radius 1 is 0.897 bits per heavy atom. The summed E-state index contributed by atoms with van der Waals surface area (Å²) in [6.45, 7) is 11.9. The van der Waals surface area contributed by atoms with E-state index in [-0.39, 0.29) is 27.9 Å². The minimum Gasteiger partial charge on any atom is -0.507 e. The fraction of sp³-hybridized carbons (Fsp3) is 0.500. The average molecular weight is 438 g/mol. The average Bonchev–Trinajstić information content (AvgIpc) is 2.89. The molecule has 0 fully saturated rings. The van der Waals surface area contributed by atoms with Crippen molar-refractivity contribution >= 4 is 27.4 Å². The smallest absolute Gasteiger partial charge is 0.195 e. The van der Waals surface area contributed by atoms with Crippen molar-refractivity contribution in [1.82, 2.24) is 4.57 Å². The standard InChI is InChI=1S/C22H31NO4S2/c1-21(2,3)15-10-13(11-16(19(15)25)22(4,5)6)18(24)14-12-17(28(8)26)23(7)20(14)29(9)27/h10-12,25H,1-9H3. The summed E-state index contributed by atoms with van der Waals surface area (Å²) in [6, 6.07) is 4.99. The van der Waals surface area contributed by atoms with Crippen molar-refractivity contribution in [2.75, 3.05) is 12.5 Å². The first-order valence-electron chi connectivity index (χ1n) is 9.36. The first-order valence-corrected chi connectivity index (χ1v) is 12.5. The van der Waals surface area contributed by atoms with E-state index in [2.05, 4.69) is 0 Å². The minimum absolute atomic E-state index is 0.198. The highest BCUT2D eigenvalue weighted by molar-refractivity contribution is 7.85. The van der Waals surface area contributed by atoms with Crippen molar-refractivity contribution in [3.05, 3.63) is 40.5 Å². The zero-order valence-electron chi connectivity index (χ0n) is 18.7. The Bertz CT molecular complexity index is 986. The molecule has 0 saturated carbocycles. The number of phenolic OH excluding ortho intramolecular Hbond substituents is 1. The lowest BCUT2D eigenvalue weighted by molar-refractivity contribution is 0.103. The molecular formula is C22H31NO4S2. The van der Waals surface area contributed by atoms with E-state index >= 15 is 0 Å². The molecule has 0 aliphatic heterocycles. The second-order valence-corrected chi connectivity index (χ2v) is 12.0. The van der Waals surface area contributed by atoms with Crippen LogP contribution >= 0.6 is 0 Å². The molecule has 2 aromatic rings. The molecule has 160 valence electrons. The van der Waals surface area contributed by atoms with Crippen LogP contribution in [0.25, 0.3) is 0 Å². The van der Waals surface area contributed by atoms with Gasteiger partial charge in [0.05, 0.1) is 27.2 Å². The van der Waals surface area contributed by atoms with Gasteiger partial charge in [0.1, 0.15) is 15.8 Å². The van der Waals surface area contributed by atoms with Gasteiger partial charge in [-0.15, -0.1) is 0 Å². The topological polar surface area (TPSA) is 76.4 Å². The Kier molecular flexibility index (Phi) is 6.36. The number of rotatable bonds is 4. The van der Waals surface area contributed by atoms with Gasteiger partial charge < -0.3 is 9.67 Å². The highest BCUT2D eigenvalue weighted by Crippen LogP contribution is 2.40. The van der Waals surface area contributed by atoms with E-state index in [4.69, 9.17) is 0 Å². The lowest BCUT2D eigenvalue weighted by atomic mass is 9.78. The van der Waals surface area contributed by atoms with E-state index in [1.165, 1.54) is 12.5 Å². The van der Waals surface area contributed by atoms with Gasteiger partial charge in [-0.2, -0.15) is 0 Å². The first-order chi connectivity index (χ1) is 13.1. The van der Waals surface area contributed by atoms with E-state index in [1.807, 2.05) is 41.5 Å². The quantitative estimate of drug-likeness (QED) is 0.733. The number of ketones is 1. The zero-order valence-corrected chi connectivity index (χ0v) is 20.3. The van der Waals surface area contributed by atoms with Gasteiger partial charge in [-0.05, 0) is 29.0 Å². The van der Waals surface area contributed by atoms with Crippen LogP contribution in [0.5, 0.6) is 5.75 Å². The molecule has 2 unspecified atom stereocenters. The molecule has 2 atom stereocenters. The van der Waals surface area contributed by atoms with Gasteiger partial charge in [0, 0.05) is 36.2 Å². The third-order valence-electron chi connectivity index (χ3n) is 4.93. The van der Waals surface area contributed by atoms with Crippen LogP contribution in [0.4, 0.5) is 0 Å². The van der Waals surface area contributed by atoms with Gasteiger partial charge in [-0.25, -0.2) is 0 Å². The Morgan fingerprint density at radius 2 is 1.34 bits per heavy atom. The second kappa shape index (κ2) is 7.84. The predicted octanol–water partition coefficient (Wildman–Crippen LogP) is 4.03. The van der Waals surface area contributed by atoms with Gasteiger partial charge in [-0.3, -0.25) is 13.2 Å². The van der Waals surface area contributed by atoms with Crippen LogP contribution in [-0.2, 0) is 39.5 Å². The number of benzene rings is 1. The van der Waals surface area contributed by atoms with E-state index in [0.717, 1.165) is 0 Å². The summed E-state index contributed by atoms with van der Waals surface area (Å²) in [5.41, 5.74) is 1.32. The van der Waals surface area contributed by atoms with Crippen molar-refractivity contribution in [1.29, 1.82) is 0 Å². The van der Waals surface area contributed by atoms with Crippen molar-refractivity contribution < 1.29 is 18.3 Å². The predicted molar refractivity (Wildman–Crippen MR) is 119 cm³/mol. The Labute approximate surface area is 178 Å². The molecular weight excluding hydrogens is 406 g/mol. The summed E-state index contributed by atoms with van der Waals surface area (Å²) < 4.78 is 26.0. The summed E-state index contributed by atoms with van der Waals surface area (Å²) in [5.74, 6) is -0.0947. The van der Waals surface area contributed by atoms with Crippen LogP contribution in [0.2, 0.25) is 0 Å². The Morgan fingerprint density at radius 3 is 1.69 bits per heavy atom. The maximum Gasteiger partial charge on any atom is 0.195 e. The van der Waals surface area contributed by atoms with Crippen LogP contribution in [0.15, 0.2) is 28.3 Å². The maximum atomic E-state index is 13.5. The molecule has 1 aromatic heterocycles. The van der Waals surface area contributed by atoms with Crippen molar-refractivity contribution in [3.63, 3.8) is 0 Å². The van der Waals surface area contributed by atoms with Gasteiger partial charge in [0.15, 0.2) is 5.78 Å². The molecule has 0 spiro atoms. The number of aromatic hydroxyl groups is 1. The molecule has 1 N–H and O–H groups in total. The molecule has 0 aliphatic rings. The second-order valence-electron chi connectivity index (χ2n) is 9.42. The van der Waals surface area contributed by atoms with E-state index in [0.29, 0.717) is 26.7 Å². The first kappa shape index (κ1) is 23.5. The van der Waals surface area contributed by atoms with Crippen LogP contribution in [-0.4, -0.2) is 36.4 Å². The lowest BCUT2D eigenvalue weighted by Crippen LogP contribution is -2.19. The van der Waals surface area contributed by atoms with Crippen LogP contribution in [0, 0.1) is 0 Å². The van der Waals surface area contributed by atoms with Crippen molar-refractivity contribution in [3.8, 4) is 5.75 Å². The third-order valence-corrected chi connectivity index (χ3v) is 6.95. The highest BCUT2D eigenvalue weighted by Gasteiger charge is 2.30. The molecule has 0 amide bonds. The fourth-order valence-electron chi connectivity index (χ4n) is 3.41. The summed E-state index contributed by atoms with van der Waals surface area (Å²) in [5, 5.41) is 11.7. The summed E-state index contributed by atoms with van der Waals surface area (Å²) in [6.07, 6.45) is 3.04. The number of hydrogen-bond acceptors (Lipinski definition) is 4. The number of phenols is 1. The molecule has 29 heavy (non-hydrogen) atoms. The largest absolute Gasteiger partial charge is 0.507 e. The molecule has 0 bridgehead atoms. The van der Waals surface area contributed by atoms with E-state index < -0.39 is 21.6 Å². The van der Waals surface area contributed by atoms with Crippen LogP contribution in [0.1, 0.15) is 68.6 Å².